The molecule has 0 aliphatic carbocycles. The molecule has 0 unspecified atom stereocenters. The molecule has 0 bridgehead atoms. The SMILES string of the molecule is CCCCOc1nc(C)ncc1CNC(C)(C)C. The van der Waals surface area contributed by atoms with Crippen molar-refractivity contribution in [3.05, 3.63) is 17.6 Å². The smallest absolute Gasteiger partial charge is 0.221 e. The molecule has 0 aromatic carbocycles. The predicted octanol–water partition coefficient (Wildman–Crippen LogP) is 2.85. The first-order valence-corrected chi connectivity index (χ1v) is 6.62. The van der Waals surface area contributed by atoms with Crippen LogP contribution in [0.2, 0.25) is 0 Å². The van der Waals surface area contributed by atoms with Gasteiger partial charge in [0.05, 0.1) is 6.61 Å². The molecule has 4 nitrogen and oxygen atoms in total. The third-order valence-electron chi connectivity index (χ3n) is 2.49. The van der Waals surface area contributed by atoms with E-state index in [-0.39, 0.29) is 5.54 Å². The zero-order valence-corrected chi connectivity index (χ0v) is 12.2. The van der Waals surface area contributed by atoms with Crippen LogP contribution in [0.5, 0.6) is 5.88 Å². The molecule has 18 heavy (non-hydrogen) atoms. The minimum atomic E-state index is 0.0750. The molecule has 1 aromatic rings. The molecule has 0 aliphatic heterocycles. The average molecular weight is 251 g/mol. The molecule has 0 saturated carbocycles. The van der Waals surface area contributed by atoms with Crippen LogP contribution in [0.25, 0.3) is 0 Å². The summed E-state index contributed by atoms with van der Waals surface area (Å²) < 4.78 is 5.73. The summed E-state index contributed by atoms with van der Waals surface area (Å²) in [5.41, 5.74) is 1.10. The molecule has 4 heteroatoms. The maximum Gasteiger partial charge on any atom is 0.221 e. The van der Waals surface area contributed by atoms with E-state index in [1.54, 1.807) is 0 Å². The molecule has 0 amide bonds. The van der Waals surface area contributed by atoms with Gasteiger partial charge in [-0.05, 0) is 34.1 Å². The average Bonchev–Trinajstić information content (AvgIpc) is 2.27. The van der Waals surface area contributed by atoms with Crippen molar-refractivity contribution in [2.45, 2.75) is 59.5 Å². The Kier molecular flexibility index (Phi) is 5.54. The molecule has 0 radical (unpaired) electrons. The van der Waals surface area contributed by atoms with Crippen molar-refractivity contribution in [1.29, 1.82) is 0 Å². The van der Waals surface area contributed by atoms with E-state index in [2.05, 4.69) is 43.0 Å². The van der Waals surface area contributed by atoms with Gasteiger partial charge in [0.2, 0.25) is 5.88 Å². The summed E-state index contributed by atoms with van der Waals surface area (Å²) in [6, 6.07) is 0. The van der Waals surface area contributed by atoms with Gasteiger partial charge in [-0.3, -0.25) is 0 Å². The first-order chi connectivity index (χ1) is 8.42. The quantitative estimate of drug-likeness (QED) is 0.790. The molecule has 102 valence electrons. The van der Waals surface area contributed by atoms with Crippen molar-refractivity contribution < 1.29 is 4.74 Å². The van der Waals surface area contributed by atoms with Crippen molar-refractivity contribution in [1.82, 2.24) is 15.3 Å². The van der Waals surface area contributed by atoms with Gasteiger partial charge in [-0.15, -0.1) is 0 Å². The van der Waals surface area contributed by atoms with Gasteiger partial charge >= 0.3 is 0 Å². The van der Waals surface area contributed by atoms with Crippen LogP contribution in [0.3, 0.4) is 0 Å². The Hall–Kier alpha value is -1.16. The largest absolute Gasteiger partial charge is 0.477 e. The van der Waals surface area contributed by atoms with Gasteiger partial charge in [-0.2, -0.15) is 4.98 Å². The van der Waals surface area contributed by atoms with Crippen LogP contribution in [-0.2, 0) is 6.54 Å². The predicted molar refractivity (Wildman–Crippen MR) is 73.8 cm³/mol. The second-order valence-electron chi connectivity index (χ2n) is 5.55. The number of nitrogens with one attached hydrogen (secondary N) is 1. The van der Waals surface area contributed by atoms with Crippen molar-refractivity contribution in [3.63, 3.8) is 0 Å². The molecule has 1 N–H and O–H groups in total. The van der Waals surface area contributed by atoms with Gasteiger partial charge in [0.25, 0.3) is 0 Å². The van der Waals surface area contributed by atoms with Crippen LogP contribution < -0.4 is 10.1 Å². The molecular weight excluding hydrogens is 226 g/mol. The van der Waals surface area contributed by atoms with Gasteiger partial charge in [-0.1, -0.05) is 13.3 Å². The van der Waals surface area contributed by atoms with Crippen LogP contribution in [0, 0.1) is 6.92 Å². The van der Waals surface area contributed by atoms with E-state index in [1.165, 1.54) is 0 Å². The second-order valence-corrected chi connectivity index (χ2v) is 5.55. The topological polar surface area (TPSA) is 47.0 Å². The Morgan fingerprint density at radius 1 is 1.33 bits per heavy atom. The summed E-state index contributed by atoms with van der Waals surface area (Å²) in [7, 11) is 0. The fraction of sp³-hybridized carbons (Fsp3) is 0.714. The van der Waals surface area contributed by atoms with E-state index in [1.807, 2.05) is 13.1 Å². The lowest BCUT2D eigenvalue weighted by Gasteiger charge is -2.21. The van der Waals surface area contributed by atoms with Gasteiger partial charge in [-0.25, -0.2) is 4.98 Å². The maximum absolute atomic E-state index is 5.73. The van der Waals surface area contributed by atoms with Crippen molar-refractivity contribution in [2.24, 2.45) is 0 Å². The number of aromatic nitrogens is 2. The summed E-state index contributed by atoms with van der Waals surface area (Å²) in [4.78, 5) is 8.61. The molecule has 1 heterocycles. The Bertz CT molecular complexity index is 372. The fourth-order valence-electron chi connectivity index (χ4n) is 1.39. The third-order valence-corrected chi connectivity index (χ3v) is 2.49. The molecule has 1 aromatic heterocycles. The first-order valence-electron chi connectivity index (χ1n) is 6.62. The Labute approximate surface area is 110 Å². The van der Waals surface area contributed by atoms with Crippen LogP contribution >= 0.6 is 0 Å². The van der Waals surface area contributed by atoms with Crippen molar-refractivity contribution >= 4 is 0 Å². The highest BCUT2D eigenvalue weighted by molar-refractivity contribution is 5.23. The number of nitrogens with zero attached hydrogens (tertiary/aromatic N) is 2. The molecule has 0 saturated heterocycles. The van der Waals surface area contributed by atoms with Gasteiger partial charge in [0.15, 0.2) is 0 Å². The number of rotatable bonds is 6. The summed E-state index contributed by atoms with van der Waals surface area (Å²) in [6.45, 7) is 11.9. The van der Waals surface area contributed by atoms with E-state index >= 15 is 0 Å². The van der Waals surface area contributed by atoms with E-state index < -0.39 is 0 Å². The molecular formula is C14H25N3O. The number of aryl methyl sites for hydroxylation is 1. The Morgan fingerprint density at radius 2 is 2.06 bits per heavy atom. The summed E-state index contributed by atoms with van der Waals surface area (Å²) in [6.07, 6.45) is 4.02. The number of hydrogen-bond donors (Lipinski definition) is 1. The van der Waals surface area contributed by atoms with Crippen LogP contribution in [-0.4, -0.2) is 22.1 Å². The molecule has 0 fully saturated rings. The zero-order chi connectivity index (χ0) is 13.6. The van der Waals surface area contributed by atoms with Crippen LogP contribution in [0.1, 0.15) is 51.9 Å². The van der Waals surface area contributed by atoms with Crippen LogP contribution in [0.15, 0.2) is 6.20 Å². The number of hydrogen-bond acceptors (Lipinski definition) is 4. The summed E-state index contributed by atoms with van der Waals surface area (Å²) in [5.74, 6) is 1.47. The normalized spacial score (nSPS) is 11.6. The van der Waals surface area contributed by atoms with E-state index in [9.17, 15) is 0 Å². The Morgan fingerprint density at radius 3 is 2.67 bits per heavy atom. The minimum absolute atomic E-state index is 0.0750. The summed E-state index contributed by atoms with van der Waals surface area (Å²) >= 11 is 0. The van der Waals surface area contributed by atoms with Crippen molar-refractivity contribution in [3.8, 4) is 5.88 Å². The van der Waals surface area contributed by atoms with Gasteiger partial charge in [0, 0.05) is 23.8 Å². The molecule has 1 rings (SSSR count). The molecule has 0 atom stereocenters. The third kappa shape index (κ3) is 5.45. The molecule has 0 aliphatic rings. The Balaban J connectivity index is 2.70. The standard InChI is InChI=1S/C14H25N3O/c1-6-7-8-18-13-12(9-15-11(2)17-13)10-16-14(3,4)5/h9,16H,6-8,10H2,1-5H3. The van der Waals surface area contributed by atoms with E-state index in [0.29, 0.717) is 5.88 Å². The van der Waals surface area contributed by atoms with Gasteiger partial charge in [0.1, 0.15) is 5.82 Å². The first kappa shape index (κ1) is 14.9. The van der Waals surface area contributed by atoms with Crippen LogP contribution in [0.4, 0.5) is 0 Å². The lowest BCUT2D eigenvalue weighted by Crippen LogP contribution is -2.35. The molecule has 0 spiro atoms. The van der Waals surface area contributed by atoms with Gasteiger partial charge < -0.3 is 10.1 Å². The maximum atomic E-state index is 5.73. The van der Waals surface area contributed by atoms with E-state index in [0.717, 1.165) is 37.4 Å². The lowest BCUT2D eigenvalue weighted by molar-refractivity contribution is 0.290. The number of ether oxygens (including phenoxy) is 1. The highest BCUT2D eigenvalue weighted by atomic mass is 16.5. The summed E-state index contributed by atoms with van der Waals surface area (Å²) in [5, 5.41) is 3.43. The van der Waals surface area contributed by atoms with E-state index in [4.69, 9.17) is 4.74 Å². The highest BCUT2D eigenvalue weighted by Gasteiger charge is 2.12. The fourth-order valence-corrected chi connectivity index (χ4v) is 1.39. The minimum Gasteiger partial charge on any atom is -0.477 e. The number of unbranched alkanes of at least 4 members (excludes halogenated alkanes) is 1. The monoisotopic (exact) mass is 251 g/mol. The van der Waals surface area contributed by atoms with Crippen molar-refractivity contribution in [2.75, 3.05) is 6.61 Å². The highest BCUT2D eigenvalue weighted by Crippen LogP contribution is 2.16. The lowest BCUT2D eigenvalue weighted by atomic mass is 10.1. The zero-order valence-electron chi connectivity index (χ0n) is 12.2. The second kappa shape index (κ2) is 6.69.